The molecule has 0 aromatic carbocycles. The van der Waals surface area contributed by atoms with Gasteiger partial charge in [-0.3, -0.25) is 28.9 Å². The SMILES string of the molecule is CC(=O)OC[C@H]1O[C@H](N2[C@H]3[C@@H]2C=C[C@@]3(O)COC(=O)C(C)(C)C)[C@H](OC(C)=O)[C@@H](OC(C)=O)[C@@H]1OC(C)=O. The molecular weight excluding hydrogens is 506 g/mol. The summed E-state index contributed by atoms with van der Waals surface area (Å²) >= 11 is 0. The minimum absolute atomic E-state index is 0.331. The zero-order valence-corrected chi connectivity index (χ0v) is 22.5. The molecule has 0 saturated carbocycles. The number of ether oxygens (including phenoxy) is 6. The van der Waals surface area contributed by atoms with Crippen LogP contribution in [0.25, 0.3) is 0 Å². The van der Waals surface area contributed by atoms with E-state index < -0.39 is 83.6 Å². The van der Waals surface area contributed by atoms with E-state index in [4.69, 9.17) is 28.4 Å². The Morgan fingerprint density at radius 1 is 0.868 bits per heavy atom. The van der Waals surface area contributed by atoms with E-state index in [9.17, 15) is 29.1 Å². The molecule has 2 saturated heterocycles. The average molecular weight is 542 g/mol. The molecule has 0 aromatic rings. The highest BCUT2D eigenvalue weighted by atomic mass is 16.7. The summed E-state index contributed by atoms with van der Waals surface area (Å²) in [6.45, 7) is 8.99. The first-order valence-electron chi connectivity index (χ1n) is 12.2. The van der Waals surface area contributed by atoms with Crippen LogP contribution in [0.3, 0.4) is 0 Å². The molecule has 0 aromatic heterocycles. The van der Waals surface area contributed by atoms with Gasteiger partial charge in [0, 0.05) is 33.7 Å². The van der Waals surface area contributed by atoms with E-state index in [0.29, 0.717) is 0 Å². The standard InChI is InChI=1S/C25H35NO12/c1-12(27)33-10-17-18(35-13(2)28)19(36-14(3)29)20(37-15(4)30)22(38-17)26-16-8-9-25(32,21(16)26)11-34-23(31)24(5,6)7/h8-9,16-22,32H,10-11H2,1-7H3/t16-,17+,18+,19-,20+,21-,22-,25+,26?/m0/s1. The number of hydrogen-bond acceptors (Lipinski definition) is 13. The molecule has 0 spiro atoms. The van der Waals surface area contributed by atoms with Crippen LogP contribution < -0.4 is 0 Å². The van der Waals surface area contributed by atoms with Crippen molar-refractivity contribution in [2.45, 2.75) is 96.8 Å². The number of rotatable bonds is 8. The fraction of sp³-hybridized carbons (Fsp3) is 0.720. The lowest BCUT2D eigenvalue weighted by Gasteiger charge is -2.45. The van der Waals surface area contributed by atoms with Gasteiger partial charge in [-0.05, 0) is 20.8 Å². The normalized spacial score (nSPS) is 35.5. The van der Waals surface area contributed by atoms with E-state index in [0.717, 1.165) is 20.8 Å². The maximum atomic E-state index is 12.3. The first kappa shape index (κ1) is 29.5. The van der Waals surface area contributed by atoms with Crippen molar-refractivity contribution in [2.75, 3.05) is 13.2 Å². The van der Waals surface area contributed by atoms with Crippen LogP contribution in [0.1, 0.15) is 48.5 Å². The van der Waals surface area contributed by atoms with E-state index in [2.05, 4.69) is 0 Å². The number of carbonyl (C=O) groups is 5. The summed E-state index contributed by atoms with van der Waals surface area (Å²) in [6, 6.07) is -1.02. The smallest absolute Gasteiger partial charge is 0.311 e. The number of aliphatic hydroxyl groups is 1. The molecule has 0 bridgehead atoms. The summed E-state index contributed by atoms with van der Waals surface area (Å²) in [5, 5.41) is 11.3. The van der Waals surface area contributed by atoms with E-state index in [1.165, 1.54) is 13.0 Å². The van der Waals surface area contributed by atoms with Gasteiger partial charge in [-0.15, -0.1) is 0 Å². The molecule has 0 radical (unpaired) electrons. The summed E-state index contributed by atoms with van der Waals surface area (Å²) in [7, 11) is 0. The van der Waals surface area contributed by atoms with E-state index in [-0.39, 0.29) is 13.2 Å². The van der Waals surface area contributed by atoms with Crippen molar-refractivity contribution in [3.8, 4) is 0 Å². The molecule has 0 amide bonds. The molecular formula is C25H35NO12. The Bertz CT molecular complexity index is 1000. The van der Waals surface area contributed by atoms with Crippen LogP contribution in [0.5, 0.6) is 0 Å². The lowest BCUT2D eigenvalue weighted by atomic mass is 9.96. The number of carbonyl (C=O) groups excluding carboxylic acids is 5. The van der Waals surface area contributed by atoms with Crippen molar-refractivity contribution in [1.29, 1.82) is 0 Å². The fourth-order valence-corrected chi connectivity index (χ4v) is 4.69. The quantitative estimate of drug-likeness (QED) is 0.189. The molecule has 38 heavy (non-hydrogen) atoms. The average Bonchev–Trinajstić information content (AvgIpc) is 3.41. The van der Waals surface area contributed by atoms with Crippen molar-refractivity contribution in [3.05, 3.63) is 12.2 Å². The Hall–Kier alpha value is -3.03. The molecule has 2 aliphatic heterocycles. The second-order valence-corrected chi connectivity index (χ2v) is 10.6. The van der Waals surface area contributed by atoms with E-state index >= 15 is 0 Å². The molecule has 2 heterocycles. The van der Waals surface area contributed by atoms with Gasteiger partial charge in [0.2, 0.25) is 0 Å². The van der Waals surface area contributed by atoms with Crippen molar-refractivity contribution in [2.24, 2.45) is 5.41 Å². The Morgan fingerprint density at radius 2 is 1.42 bits per heavy atom. The van der Waals surface area contributed by atoms with E-state index in [1.807, 2.05) is 0 Å². The molecule has 212 valence electrons. The Labute approximate surface area is 220 Å². The van der Waals surface area contributed by atoms with Gasteiger partial charge in [0.1, 0.15) is 24.9 Å². The fourth-order valence-electron chi connectivity index (χ4n) is 4.69. The summed E-state index contributed by atoms with van der Waals surface area (Å²) in [6.07, 6.45) is -2.88. The molecule has 13 nitrogen and oxygen atoms in total. The molecule has 13 heteroatoms. The number of fused-ring (bicyclic) bond motifs is 1. The summed E-state index contributed by atoms with van der Waals surface area (Å²) in [5.74, 6) is -3.32. The maximum Gasteiger partial charge on any atom is 0.311 e. The van der Waals surface area contributed by atoms with Gasteiger partial charge >= 0.3 is 29.8 Å². The van der Waals surface area contributed by atoms with Crippen LogP contribution in [0, 0.1) is 5.41 Å². The zero-order valence-electron chi connectivity index (χ0n) is 22.5. The topological polar surface area (TPSA) is 164 Å². The summed E-state index contributed by atoms with van der Waals surface area (Å²) < 4.78 is 33.0. The predicted molar refractivity (Wildman–Crippen MR) is 126 cm³/mol. The molecule has 1 aliphatic carbocycles. The monoisotopic (exact) mass is 541 g/mol. The Morgan fingerprint density at radius 3 is 1.95 bits per heavy atom. The van der Waals surface area contributed by atoms with Gasteiger partial charge in [-0.1, -0.05) is 12.2 Å². The number of esters is 5. The minimum Gasteiger partial charge on any atom is -0.463 e. The molecule has 3 aliphatic rings. The van der Waals surface area contributed by atoms with Crippen molar-refractivity contribution >= 4 is 29.8 Å². The number of nitrogens with zero attached hydrogens (tertiary/aromatic N) is 1. The minimum atomic E-state index is -1.58. The highest BCUT2D eigenvalue weighted by Crippen LogP contribution is 2.49. The second-order valence-electron chi connectivity index (χ2n) is 10.6. The van der Waals surface area contributed by atoms with Gasteiger partial charge in [0.25, 0.3) is 0 Å². The number of hydrogen-bond donors (Lipinski definition) is 1. The van der Waals surface area contributed by atoms with Crippen molar-refractivity contribution in [3.63, 3.8) is 0 Å². The third-order valence-corrected chi connectivity index (χ3v) is 6.30. The third kappa shape index (κ3) is 6.51. The van der Waals surface area contributed by atoms with Gasteiger partial charge in [0.05, 0.1) is 11.5 Å². The zero-order chi connectivity index (χ0) is 28.6. The van der Waals surface area contributed by atoms with Crippen LogP contribution in [-0.4, -0.2) is 101 Å². The Kier molecular flexibility index (Phi) is 8.54. The molecule has 1 N–H and O–H groups in total. The molecule has 9 atom stereocenters. The predicted octanol–water partition coefficient (Wildman–Crippen LogP) is 0.0125. The Balaban J connectivity index is 1.92. The van der Waals surface area contributed by atoms with Crippen LogP contribution >= 0.6 is 0 Å². The second kappa shape index (κ2) is 11.0. The highest BCUT2D eigenvalue weighted by Gasteiger charge is 2.68. The third-order valence-electron chi connectivity index (χ3n) is 6.30. The molecule has 1 unspecified atom stereocenters. The first-order valence-corrected chi connectivity index (χ1v) is 12.2. The van der Waals surface area contributed by atoms with Crippen LogP contribution in [-0.2, 0) is 52.4 Å². The van der Waals surface area contributed by atoms with E-state index in [1.54, 1.807) is 31.7 Å². The van der Waals surface area contributed by atoms with Crippen molar-refractivity contribution in [1.82, 2.24) is 4.90 Å². The van der Waals surface area contributed by atoms with Crippen LogP contribution in [0.15, 0.2) is 12.2 Å². The van der Waals surface area contributed by atoms with Gasteiger partial charge < -0.3 is 33.5 Å². The van der Waals surface area contributed by atoms with Crippen molar-refractivity contribution < 1.29 is 57.5 Å². The lowest BCUT2D eigenvalue weighted by Crippen LogP contribution is -2.64. The van der Waals surface area contributed by atoms with Crippen LogP contribution in [0.2, 0.25) is 0 Å². The molecule has 3 rings (SSSR count). The van der Waals surface area contributed by atoms with Gasteiger partial charge in [0.15, 0.2) is 24.5 Å². The lowest BCUT2D eigenvalue weighted by molar-refractivity contribution is -0.270. The largest absolute Gasteiger partial charge is 0.463 e. The maximum absolute atomic E-state index is 12.3. The van der Waals surface area contributed by atoms with Crippen LogP contribution in [0.4, 0.5) is 0 Å². The summed E-state index contributed by atoms with van der Waals surface area (Å²) in [4.78, 5) is 61.5. The molecule has 2 fully saturated rings. The summed E-state index contributed by atoms with van der Waals surface area (Å²) in [5.41, 5.74) is -2.36. The van der Waals surface area contributed by atoms with Gasteiger partial charge in [-0.2, -0.15) is 0 Å². The highest BCUT2D eigenvalue weighted by molar-refractivity contribution is 5.75. The first-order chi connectivity index (χ1) is 17.5. The van der Waals surface area contributed by atoms with Gasteiger partial charge in [-0.25, -0.2) is 0 Å².